The molecule has 18 heavy (non-hydrogen) atoms. The van der Waals surface area contributed by atoms with Crippen molar-refractivity contribution in [3.63, 3.8) is 0 Å². The van der Waals surface area contributed by atoms with Crippen LogP contribution in [0.3, 0.4) is 0 Å². The Morgan fingerprint density at radius 1 is 1.50 bits per heavy atom. The summed E-state index contributed by atoms with van der Waals surface area (Å²) in [5.41, 5.74) is 1.14. The van der Waals surface area contributed by atoms with Crippen LogP contribution in [0.1, 0.15) is 10.5 Å². The number of carboxylic acid groups (broad SMARTS) is 1. The molecule has 1 aromatic carbocycles. The Morgan fingerprint density at radius 2 is 2.22 bits per heavy atom. The van der Waals surface area contributed by atoms with Gasteiger partial charge in [0, 0.05) is 12.6 Å². The van der Waals surface area contributed by atoms with Crippen LogP contribution in [0.5, 0.6) is 5.75 Å². The van der Waals surface area contributed by atoms with Gasteiger partial charge in [0.25, 0.3) is 0 Å². The average molecular weight is 267 g/mol. The van der Waals surface area contributed by atoms with E-state index in [0.29, 0.717) is 22.0 Å². The first-order valence-corrected chi connectivity index (χ1v) is 5.51. The molecule has 94 valence electrons. The van der Waals surface area contributed by atoms with Crippen molar-refractivity contribution < 1.29 is 14.6 Å². The molecule has 2 rings (SSSR count). The summed E-state index contributed by atoms with van der Waals surface area (Å²) in [6, 6.07) is 5.03. The zero-order valence-corrected chi connectivity index (χ0v) is 10.6. The van der Waals surface area contributed by atoms with E-state index in [9.17, 15) is 4.79 Å². The molecule has 0 saturated carbocycles. The van der Waals surface area contributed by atoms with Crippen LogP contribution in [0.15, 0.2) is 24.5 Å². The van der Waals surface area contributed by atoms with Crippen molar-refractivity contribution in [2.75, 3.05) is 7.11 Å². The molecular formula is C12H11ClN2O3. The summed E-state index contributed by atoms with van der Waals surface area (Å²) < 4.78 is 6.50. The minimum Gasteiger partial charge on any atom is -0.495 e. The van der Waals surface area contributed by atoms with Crippen molar-refractivity contribution in [3.05, 3.63) is 35.2 Å². The molecule has 2 aromatic rings. The first-order valence-electron chi connectivity index (χ1n) is 5.13. The lowest BCUT2D eigenvalue weighted by atomic mass is 10.1. The lowest BCUT2D eigenvalue weighted by Crippen LogP contribution is -2.05. The first kappa shape index (κ1) is 12.4. The number of nitrogens with zero attached hydrogens (tertiary/aromatic N) is 2. The number of hydrogen-bond acceptors (Lipinski definition) is 3. The molecular weight excluding hydrogens is 256 g/mol. The number of rotatable bonds is 3. The van der Waals surface area contributed by atoms with Crippen molar-refractivity contribution in [2.24, 2.45) is 7.05 Å². The van der Waals surface area contributed by atoms with Crippen LogP contribution in [-0.2, 0) is 7.05 Å². The zero-order chi connectivity index (χ0) is 13.3. The van der Waals surface area contributed by atoms with E-state index in [1.807, 2.05) is 0 Å². The maximum absolute atomic E-state index is 11.2. The maximum atomic E-state index is 11.2. The smallest absolute Gasteiger partial charge is 0.354 e. The van der Waals surface area contributed by atoms with Gasteiger partial charge in [-0.25, -0.2) is 9.78 Å². The fourth-order valence-electron chi connectivity index (χ4n) is 1.71. The number of aromatic nitrogens is 2. The zero-order valence-electron chi connectivity index (χ0n) is 9.85. The van der Waals surface area contributed by atoms with Crippen LogP contribution < -0.4 is 4.74 Å². The lowest BCUT2D eigenvalue weighted by Gasteiger charge is -2.05. The molecule has 0 atom stereocenters. The van der Waals surface area contributed by atoms with Crippen LogP contribution in [-0.4, -0.2) is 27.7 Å². The summed E-state index contributed by atoms with van der Waals surface area (Å²) in [7, 11) is 3.15. The normalized spacial score (nSPS) is 10.4. The predicted molar refractivity (Wildman–Crippen MR) is 67.2 cm³/mol. The standard InChI is InChI=1S/C12H11ClN2O3/c1-15-6-14-10(11(15)12(16)17)7-3-4-9(18-2)8(13)5-7/h3-6H,1-2H3,(H,16,17). The van der Waals surface area contributed by atoms with Crippen molar-refractivity contribution in [1.82, 2.24) is 9.55 Å². The van der Waals surface area contributed by atoms with E-state index in [0.717, 1.165) is 0 Å². The van der Waals surface area contributed by atoms with Gasteiger partial charge in [0.15, 0.2) is 5.69 Å². The Hall–Kier alpha value is -2.01. The summed E-state index contributed by atoms with van der Waals surface area (Å²) in [5, 5.41) is 9.56. The van der Waals surface area contributed by atoms with Gasteiger partial charge in [0.05, 0.1) is 18.5 Å². The molecule has 0 bridgehead atoms. The minimum atomic E-state index is -1.03. The summed E-state index contributed by atoms with van der Waals surface area (Å²) in [5.74, 6) is -0.495. The van der Waals surface area contributed by atoms with Gasteiger partial charge < -0.3 is 14.4 Å². The van der Waals surface area contributed by atoms with Gasteiger partial charge in [-0.05, 0) is 18.2 Å². The number of hydrogen-bond donors (Lipinski definition) is 1. The van der Waals surface area contributed by atoms with Gasteiger partial charge >= 0.3 is 5.97 Å². The number of aromatic carboxylic acids is 1. The summed E-state index contributed by atoms with van der Waals surface area (Å²) in [6.07, 6.45) is 1.46. The second-order valence-corrected chi connectivity index (χ2v) is 4.11. The van der Waals surface area contributed by atoms with Gasteiger partial charge in [-0.1, -0.05) is 11.6 Å². The number of benzene rings is 1. The molecule has 0 amide bonds. The van der Waals surface area contributed by atoms with Crippen molar-refractivity contribution >= 4 is 17.6 Å². The van der Waals surface area contributed by atoms with E-state index in [4.69, 9.17) is 21.4 Å². The quantitative estimate of drug-likeness (QED) is 0.927. The highest BCUT2D eigenvalue weighted by atomic mass is 35.5. The number of carbonyl (C=O) groups is 1. The molecule has 0 fully saturated rings. The monoisotopic (exact) mass is 266 g/mol. The Balaban J connectivity index is 2.56. The third kappa shape index (κ3) is 2.04. The molecule has 0 spiro atoms. The Labute approximate surface area is 109 Å². The van der Waals surface area contributed by atoms with Crippen molar-refractivity contribution in [1.29, 1.82) is 0 Å². The van der Waals surface area contributed by atoms with Crippen molar-refractivity contribution in [2.45, 2.75) is 0 Å². The molecule has 6 heteroatoms. The number of ether oxygens (including phenoxy) is 1. The Kier molecular flexibility index (Phi) is 3.25. The second-order valence-electron chi connectivity index (χ2n) is 3.71. The van der Waals surface area contributed by atoms with Crippen LogP contribution >= 0.6 is 11.6 Å². The highest BCUT2D eigenvalue weighted by Gasteiger charge is 2.18. The van der Waals surface area contributed by atoms with Gasteiger partial charge in [0.1, 0.15) is 11.4 Å². The predicted octanol–water partition coefficient (Wildman–Crippen LogP) is 2.45. The fourth-order valence-corrected chi connectivity index (χ4v) is 1.97. The molecule has 1 heterocycles. The number of carboxylic acids is 1. The maximum Gasteiger partial charge on any atom is 0.354 e. The molecule has 1 aromatic heterocycles. The van der Waals surface area contributed by atoms with Crippen LogP contribution in [0, 0.1) is 0 Å². The fraction of sp³-hybridized carbons (Fsp3) is 0.167. The van der Waals surface area contributed by atoms with Crippen LogP contribution in [0.2, 0.25) is 5.02 Å². The number of imidazole rings is 1. The third-order valence-electron chi connectivity index (χ3n) is 2.56. The third-order valence-corrected chi connectivity index (χ3v) is 2.86. The highest BCUT2D eigenvalue weighted by molar-refractivity contribution is 6.32. The summed E-state index contributed by atoms with van der Waals surface area (Å²) >= 11 is 6.01. The van der Waals surface area contributed by atoms with E-state index in [2.05, 4.69) is 4.98 Å². The Bertz CT molecular complexity index is 607. The van der Waals surface area contributed by atoms with E-state index < -0.39 is 5.97 Å². The van der Waals surface area contributed by atoms with Crippen LogP contribution in [0.25, 0.3) is 11.3 Å². The van der Waals surface area contributed by atoms with Gasteiger partial charge in [-0.15, -0.1) is 0 Å². The number of halogens is 1. The molecule has 0 saturated heterocycles. The molecule has 0 aliphatic carbocycles. The molecule has 0 unspecified atom stereocenters. The summed E-state index contributed by atoms with van der Waals surface area (Å²) in [6.45, 7) is 0. The molecule has 1 N–H and O–H groups in total. The molecule has 0 aliphatic rings. The Morgan fingerprint density at radius 3 is 2.78 bits per heavy atom. The van der Waals surface area contributed by atoms with Crippen molar-refractivity contribution in [3.8, 4) is 17.0 Å². The number of methoxy groups -OCH3 is 1. The largest absolute Gasteiger partial charge is 0.495 e. The van der Waals surface area contributed by atoms with Gasteiger partial charge in [-0.2, -0.15) is 0 Å². The average Bonchev–Trinajstić information content (AvgIpc) is 2.71. The van der Waals surface area contributed by atoms with Gasteiger partial charge in [0.2, 0.25) is 0 Å². The number of aryl methyl sites for hydroxylation is 1. The van der Waals surface area contributed by atoms with E-state index in [-0.39, 0.29) is 5.69 Å². The van der Waals surface area contributed by atoms with E-state index >= 15 is 0 Å². The van der Waals surface area contributed by atoms with E-state index in [1.165, 1.54) is 18.0 Å². The topological polar surface area (TPSA) is 64.4 Å². The SMILES string of the molecule is COc1ccc(-c2ncn(C)c2C(=O)O)cc1Cl. The second kappa shape index (κ2) is 4.70. The first-order chi connectivity index (χ1) is 8.54. The van der Waals surface area contributed by atoms with E-state index in [1.54, 1.807) is 25.2 Å². The highest BCUT2D eigenvalue weighted by Crippen LogP contribution is 2.30. The lowest BCUT2D eigenvalue weighted by molar-refractivity contribution is 0.0687. The van der Waals surface area contributed by atoms with Crippen LogP contribution in [0.4, 0.5) is 0 Å². The molecule has 0 radical (unpaired) electrons. The minimum absolute atomic E-state index is 0.122. The van der Waals surface area contributed by atoms with Gasteiger partial charge in [-0.3, -0.25) is 0 Å². The molecule has 5 nitrogen and oxygen atoms in total. The molecule has 0 aliphatic heterocycles. The summed E-state index contributed by atoms with van der Waals surface area (Å²) in [4.78, 5) is 15.3.